The molecule has 0 aliphatic heterocycles. The first-order valence-corrected chi connectivity index (χ1v) is 7.26. The second-order valence-corrected chi connectivity index (χ2v) is 4.82. The lowest BCUT2D eigenvalue weighted by Gasteiger charge is -2.28. The number of nitrogens with zero attached hydrogens (tertiary/aromatic N) is 1. The molecule has 1 heterocycles. The molecule has 0 bridgehead atoms. The molecular weight excluding hydrogens is 270 g/mol. The predicted molar refractivity (Wildman–Crippen MR) is 78.7 cm³/mol. The smallest absolute Gasteiger partial charge is 0.323 e. The molecule has 5 nitrogen and oxygen atoms in total. The zero-order valence-electron chi connectivity index (χ0n) is 13.1. The number of carbonyl (C=O) groups excluding carboxylic acids is 2. The van der Waals surface area contributed by atoms with E-state index < -0.39 is 17.4 Å². The van der Waals surface area contributed by atoms with Crippen LogP contribution in [0, 0.1) is 12.3 Å². The van der Waals surface area contributed by atoms with Crippen LogP contribution in [0.2, 0.25) is 0 Å². The van der Waals surface area contributed by atoms with Gasteiger partial charge in [0.2, 0.25) is 0 Å². The van der Waals surface area contributed by atoms with Crippen LogP contribution in [0.5, 0.6) is 0 Å². The average Bonchev–Trinajstić information content (AvgIpc) is 2.47. The molecule has 0 aliphatic rings. The Labute approximate surface area is 125 Å². The van der Waals surface area contributed by atoms with Crippen molar-refractivity contribution in [3.05, 3.63) is 29.6 Å². The first-order chi connectivity index (χ1) is 10.0. The first kappa shape index (κ1) is 17.1. The third-order valence-corrected chi connectivity index (χ3v) is 3.52. The van der Waals surface area contributed by atoms with Crippen molar-refractivity contribution in [2.75, 3.05) is 13.2 Å². The van der Waals surface area contributed by atoms with E-state index in [0.29, 0.717) is 12.1 Å². The van der Waals surface area contributed by atoms with Crippen molar-refractivity contribution in [1.29, 1.82) is 0 Å². The Morgan fingerprint density at radius 3 is 2.14 bits per heavy atom. The van der Waals surface area contributed by atoms with E-state index in [1.165, 1.54) is 0 Å². The van der Waals surface area contributed by atoms with Crippen LogP contribution >= 0.6 is 0 Å². The van der Waals surface area contributed by atoms with Gasteiger partial charge in [-0.3, -0.25) is 14.6 Å². The van der Waals surface area contributed by atoms with Crippen molar-refractivity contribution in [3.8, 4) is 0 Å². The predicted octanol–water partition coefficient (Wildman–Crippen LogP) is 2.46. The van der Waals surface area contributed by atoms with Gasteiger partial charge >= 0.3 is 11.9 Å². The number of ether oxygens (including phenoxy) is 2. The summed E-state index contributed by atoms with van der Waals surface area (Å²) >= 11 is 0. The highest BCUT2D eigenvalue weighted by Crippen LogP contribution is 2.31. The summed E-state index contributed by atoms with van der Waals surface area (Å²) in [5.41, 5.74) is 0.315. The highest BCUT2D eigenvalue weighted by atomic mass is 16.6. The summed E-state index contributed by atoms with van der Waals surface area (Å²) in [5, 5.41) is 0. The standard InChI is InChI=1S/C16H23NO4/c1-5-16(14(18)20-6-2,15(19)21-7-3)11-13-12(4)9-8-10-17-13/h8-10H,5-7,11H2,1-4H3. The Hall–Kier alpha value is -1.91. The topological polar surface area (TPSA) is 65.5 Å². The maximum Gasteiger partial charge on any atom is 0.323 e. The highest BCUT2D eigenvalue weighted by molar-refractivity contribution is 6.00. The number of hydrogen-bond donors (Lipinski definition) is 0. The van der Waals surface area contributed by atoms with E-state index in [1.807, 2.05) is 19.1 Å². The quantitative estimate of drug-likeness (QED) is 0.570. The van der Waals surface area contributed by atoms with Crippen molar-refractivity contribution in [3.63, 3.8) is 0 Å². The number of pyridine rings is 1. The van der Waals surface area contributed by atoms with Gasteiger partial charge in [-0.25, -0.2) is 0 Å². The molecule has 0 aliphatic carbocycles. The van der Waals surface area contributed by atoms with E-state index in [-0.39, 0.29) is 19.6 Å². The van der Waals surface area contributed by atoms with Gasteiger partial charge in [-0.05, 0) is 38.8 Å². The van der Waals surface area contributed by atoms with E-state index >= 15 is 0 Å². The van der Waals surface area contributed by atoms with Crippen LogP contribution in [0.3, 0.4) is 0 Å². The van der Waals surface area contributed by atoms with Crippen LogP contribution in [0.15, 0.2) is 18.3 Å². The van der Waals surface area contributed by atoms with Crippen LogP contribution in [-0.4, -0.2) is 30.1 Å². The fraction of sp³-hybridized carbons (Fsp3) is 0.562. The Balaban J connectivity index is 3.20. The lowest BCUT2D eigenvalue weighted by molar-refractivity contribution is -0.172. The Kier molecular flexibility index (Phi) is 6.34. The minimum Gasteiger partial charge on any atom is -0.465 e. The normalized spacial score (nSPS) is 11.0. The summed E-state index contributed by atoms with van der Waals surface area (Å²) < 4.78 is 10.2. The Bertz CT molecular complexity index is 481. The molecule has 0 amide bonds. The fourth-order valence-corrected chi connectivity index (χ4v) is 2.17. The molecule has 0 spiro atoms. The summed E-state index contributed by atoms with van der Waals surface area (Å²) in [5.74, 6) is -1.09. The van der Waals surface area contributed by atoms with Crippen LogP contribution < -0.4 is 0 Å². The van der Waals surface area contributed by atoms with E-state index in [9.17, 15) is 9.59 Å². The third kappa shape index (κ3) is 3.80. The van der Waals surface area contributed by atoms with Gasteiger partial charge in [-0.15, -0.1) is 0 Å². The van der Waals surface area contributed by atoms with Gasteiger partial charge in [0.25, 0.3) is 0 Å². The van der Waals surface area contributed by atoms with Gasteiger partial charge in [0.15, 0.2) is 5.41 Å². The van der Waals surface area contributed by atoms with E-state index in [1.54, 1.807) is 27.0 Å². The summed E-state index contributed by atoms with van der Waals surface area (Å²) in [7, 11) is 0. The van der Waals surface area contributed by atoms with Gasteiger partial charge in [-0.1, -0.05) is 13.0 Å². The average molecular weight is 293 g/mol. The number of carbonyl (C=O) groups is 2. The summed E-state index contributed by atoms with van der Waals surface area (Å²) in [6, 6.07) is 3.72. The van der Waals surface area contributed by atoms with Crippen LogP contribution in [-0.2, 0) is 25.5 Å². The molecule has 1 rings (SSSR count). The van der Waals surface area contributed by atoms with Gasteiger partial charge < -0.3 is 9.47 Å². The summed E-state index contributed by atoms with van der Waals surface area (Å²) in [6.07, 6.45) is 2.15. The summed E-state index contributed by atoms with van der Waals surface area (Å²) in [6.45, 7) is 7.57. The van der Waals surface area contributed by atoms with Crippen LogP contribution in [0.25, 0.3) is 0 Å². The minimum absolute atomic E-state index is 0.188. The summed E-state index contributed by atoms with van der Waals surface area (Å²) in [4.78, 5) is 29.0. The van der Waals surface area contributed by atoms with Gasteiger partial charge in [0, 0.05) is 18.3 Å². The van der Waals surface area contributed by atoms with Gasteiger partial charge in [-0.2, -0.15) is 0 Å². The van der Waals surface area contributed by atoms with Crippen LogP contribution in [0.4, 0.5) is 0 Å². The number of aromatic nitrogens is 1. The highest BCUT2D eigenvalue weighted by Gasteiger charge is 2.48. The lowest BCUT2D eigenvalue weighted by Crippen LogP contribution is -2.43. The van der Waals surface area contributed by atoms with Crippen molar-refractivity contribution in [1.82, 2.24) is 4.98 Å². The third-order valence-electron chi connectivity index (χ3n) is 3.52. The number of aryl methyl sites for hydroxylation is 1. The zero-order valence-corrected chi connectivity index (χ0v) is 13.1. The molecule has 0 unspecified atom stereocenters. The number of esters is 2. The first-order valence-electron chi connectivity index (χ1n) is 7.26. The van der Waals surface area contributed by atoms with Crippen LogP contribution in [0.1, 0.15) is 38.4 Å². The van der Waals surface area contributed by atoms with Gasteiger partial charge in [0.05, 0.1) is 13.2 Å². The van der Waals surface area contributed by atoms with Crippen molar-refractivity contribution in [2.45, 2.75) is 40.5 Å². The maximum atomic E-state index is 12.4. The second kappa shape index (κ2) is 7.76. The minimum atomic E-state index is -1.33. The largest absolute Gasteiger partial charge is 0.465 e. The van der Waals surface area contributed by atoms with Gasteiger partial charge in [0.1, 0.15) is 0 Å². The van der Waals surface area contributed by atoms with Crippen molar-refractivity contribution < 1.29 is 19.1 Å². The monoisotopic (exact) mass is 293 g/mol. The zero-order chi connectivity index (χ0) is 15.9. The molecule has 1 aromatic rings. The molecule has 116 valence electrons. The molecule has 0 saturated heterocycles. The van der Waals surface area contributed by atoms with E-state index in [2.05, 4.69) is 4.98 Å². The molecule has 0 N–H and O–H groups in total. The van der Waals surface area contributed by atoms with E-state index in [0.717, 1.165) is 5.56 Å². The van der Waals surface area contributed by atoms with E-state index in [4.69, 9.17) is 9.47 Å². The molecule has 1 aromatic heterocycles. The molecule has 0 aromatic carbocycles. The molecule has 21 heavy (non-hydrogen) atoms. The Morgan fingerprint density at radius 1 is 1.14 bits per heavy atom. The molecule has 0 atom stereocenters. The SMILES string of the molecule is CCOC(=O)C(CC)(Cc1ncccc1C)C(=O)OCC. The van der Waals surface area contributed by atoms with Crippen molar-refractivity contribution >= 4 is 11.9 Å². The number of hydrogen-bond acceptors (Lipinski definition) is 5. The fourth-order valence-electron chi connectivity index (χ4n) is 2.17. The molecule has 0 radical (unpaired) electrons. The number of rotatable bonds is 7. The molecule has 0 saturated carbocycles. The molecular formula is C16H23NO4. The second-order valence-electron chi connectivity index (χ2n) is 4.82. The molecule has 5 heteroatoms. The van der Waals surface area contributed by atoms with Crippen molar-refractivity contribution in [2.24, 2.45) is 5.41 Å². The maximum absolute atomic E-state index is 12.4. The Morgan fingerprint density at radius 2 is 1.71 bits per heavy atom. The molecule has 0 fully saturated rings. The lowest BCUT2D eigenvalue weighted by atomic mass is 9.79.